The van der Waals surface area contributed by atoms with E-state index >= 15 is 0 Å². The molecule has 2 heterocycles. The van der Waals surface area contributed by atoms with Crippen LogP contribution in [0.3, 0.4) is 0 Å². The van der Waals surface area contributed by atoms with Crippen molar-refractivity contribution in [1.29, 1.82) is 0 Å². The number of rotatable bonds is 5. The second-order valence-corrected chi connectivity index (χ2v) is 7.75. The van der Waals surface area contributed by atoms with Crippen molar-refractivity contribution >= 4 is 23.2 Å². The maximum Gasteiger partial charge on any atom is 0.293 e. The third-order valence-electron chi connectivity index (χ3n) is 5.23. The lowest BCUT2D eigenvalue weighted by Crippen LogP contribution is -2.48. The summed E-state index contributed by atoms with van der Waals surface area (Å²) in [6.07, 6.45) is 0. The van der Waals surface area contributed by atoms with Gasteiger partial charge in [-0.05, 0) is 24.6 Å². The Morgan fingerprint density at radius 2 is 1.87 bits per heavy atom. The van der Waals surface area contributed by atoms with E-state index < -0.39 is 4.92 Å². The number of hydrogen-bond donors (Lipinski definition) is 0. The van der Waals surface area contributed by atoms with Gasteiger partial charge >= 0.3 is 0 Å². The van der Waals surface area contributed by atoms with E-state index in [1.54, 1.807) is 34.7 Å². The van der Waals surface area contributed by atoms with Crippen LogP contribution in [-0.4, -0.2) is 61.6 Å². The summed E-state index contributed by atoms with van der Waals surface area (Å²) in [5.41, 5.74) is 1.64. The number of benzene rings is 2. The number of para-hydroxylation sites is 1. The van der Waals surface area contributed by atoms with E-state index in [0.29, 0.717) is 49.3 Å². The molecule has 0 bridgehead atoms. The van der Waals surface area contributed by atoms with E-state index in [1.807, 2.05) is 24.3 Å². The van der Waals surface area contributed by atoms with E-state index in [9.17, 15) is 14.9 Å². The van der Waals surface area contributed by atoms with Crippen molar-refractivity contribution in [2.45, 2.75) is 13.5 Å². The molecule has 0 unspecified atom stereocenters. The van der Waals surface area contributed by atoms with Crippen LogP contribution in [0, 0.1) is 17.0 Å². The van der Waals surface area contributed by atoms with Crippen LogP contribution < -0.4 is 0 Å². The van der Waals surface area contributed by atoms with Crippen molar-refractivity contribution in [3.63, 3.8) is 0 Å². The molecule has 0 atom stereocenters. The molecular weight excluding hydrogens is 420 g/mol. The quantitative estimate of drug-likeness (QED) is 0.446. The van der Waals surface area contributed by atoms with Gasteiger partial charge in [-0.3, -0.25) is 19.8 Å². The first-order valence-corrected chi connectivity index (χ1v) is 10.2. The van der Waals surface area contributed by atoms with Crippen LogP contribution >= 0.6 is 11.6 Å². The first-order chi connectivity index (χ1) is 14.9. The highest BCUT2D eigenvalue weighted by Gasteiger charge is 2.26. The Morgan fingerprint density at radius 3 is 2.58 bits per heavy atom. The predicted molar refractivity (Wildman–Crippen MR) is 115 cm³/mol. The molecule has 31 heavy (non-hydrogen) atoms. The van der Waals surface area contributed by atoms with Crippen molar-refractivity contribution in [3.8, 4) is 5.69 Å². The largest absolute Gasteiger partial charge is 0.333 e. The molecule has 4 rings (SSSR count). The number of nitro groups is 1. The van der Waals surface area contributed by atoms with E-state index in [2.05, 4.69) is 15.0 Å². The molecule has 1 aliphatic heterocycles. The molecule has 3 aromatic rings. The minimum atomic E-state index is -0.392. The highest BCUT2D eigenvalue weighted by atomic mass is 35.5. The van der Waals surface area contributed by atoms with Crippen LogP contribution in [0.2, 0.25) is 5.02 Å². The van der Waals surface area contributed by atoms with Crippen LogP contribution in [0.1, 0.15) is 22.0 Å². The first-order valence-electron chi connectivity index (χ1n) is 9.86. The Labute approximate surface area is 184 Å². The van der Waals surface area contributed by atoms with Gasteiger partial charge in [-0.15, -0.1) is 5.10 Å². The minimum Gasteiger partial charge on any atom is -0.333 e. The normalized spacial score (nSPS) is 14.6. The molecule has 0 aliphatic carbocycles. The fourth-order valence-electron chi connectivity index (χ4n) is 3.61. The predicted octanol–water partition coefficient (Wildman–Crippen LogP) is 3.10. The van der Waals surface area contributed by atoms with Gasteiger partial charge in [-0.1, -0.05) is 35.9 Å². The van der Waals surface area contributed by atoms with Crippen molar-refractivity contribution in [2.75, 3.05) is 26.2 Å². The van der Waals surface area contributed by atoms with E-state index in [-0.39, 0.29) is 17.4 Å². The summed E-state index contributed by atoms with van der Waals surface area (Å²) in [7, 11) is 0. The fourth-order valence-corrected chi connectivity index (χ4v) is 3.83. The third kappa shape index (κ3) is 4.57. The number of carbonyl (C=O) groups excluding carboxylic acids is 1. The summed E-state index contributed by atoms with van der Waals surface area (Å²) < 4.78 is 1.58. The molecule has 160 valence electrons. The number of hydrogen-bond acceptors (Lipinski definition) is 6. The lowest BCUT2D eigenvalue weighted by molar-refractivity contribution is -0.384. The van der Waals surface area contributed by atoms with Crippen molar-refractivity contribution in [1.82, 2.24) is 24.6 Å². The van der Waals surface area contributed by atoms with Crippen LogP contribution in [0.25, 0.3) is 5.69 Å². The SMILES string of the molecule is Cc1nc(C(=O)N2CCN(Cc3cccc([N+](=O)[O-])c3)CC2)nn1-c1ccccc1Cl. The number of non-ortho nitro benzene ring substituents is 1. The van der Waals surface area contributed by atoms with Crippen molar-refractivity contribution in [3.05, 3.63) is 80.9 Å². The van der Waals surface area contributed by atoms with Gasteiger partial charge in [0, 0.05) is 44.9 Å². The van der Waals surface area contributed by atoms with Gasteiger partial charge in [-0.25, -0.2) is 9.67 Å². The highest BCUT2D eigenvalue weighted by molar-refractivity contribution is 6.32. The van der Waals surface area contributed by atoms with Gasteiger partial charge in [0.2, 0.25) is 5.82 Å². The molecule has 2 aromatic carbocycles. The van der Waals surface area contributed by atoms with Crippen LogP contribution in [-0.2, 0) is 6.54 Å². The summed E-state index contributed by atoms with van der Waals surface area (Å²) >= 11 is 6.25. The Morgan fingerprint density at radius 1 is 1.13 bits per heavy atom. The standard InChI is InChI=1S/C21H21ClN6O3/c1-15-23-20(24-27(15)19-8-3-2-7-18(19)22)21(29)26-11-9-25(10-12-26)14-16-5-4-6-17(13-16)28(30)31/h2-8,13H,9-12,14H2,1H3. The molecule has 1 fully saturated rings. The van der Waals surface area contributed by atoms with Crippen LogP contribution in [0.5, 0.6) is 0 Å². The zero-order valence-corrected chi connectivity index (χ0v) is 17.7. The topological polar surface area (TPSA) is 97.4 Å². The summed E-state index contributed by atoms with van der Waals surface area (Å²) in [5.74, 6) is 0.509. The fraction of sp³-hybridized carbons (Fsp3) is 0.286. The second-order valence-electron chi connectivity index (χ2n) is 7.34. The summed E-state index contributed by atoms with van der Waals surface area (Å²) in [4.78, 5) is 31.7. The van der Waals surface area contributed by atoms with Crippen LogP contribution in [0.15, 0.2) is 48.5 Å². The number of carbonyl (C=O) groups is 1. The minimum absolute atomic E-state index is 0.0851. The Balaban J connectivity index is 1.40. The number of amides is 1. The van der Waals surface area contributed by atoms with Crippen LogP contribution in [0.4, 0.5) is 5.69 Å². The summed E-state index contributed by atoms with van der Waals surface area (Å²) in [6, 6.07) is 13.9. The van der Waals surface area contributed by atoms with Gasteiger partial charge in [0.15, 0.2) is 0 Å². The third-order valence-corrected chi connectivity index (χ3v) is 5.55. The average molecular weight is 441 g/mol. The lowest BCUT2D eigenvalue weighted by atomic mass is 10.1. The van der Waals surface area contributed by atoms with Gasteiger partial charge in [0.1, 0.15) is 5.82 Å². The molecule has 9 nitrogen and oxygen atoms in total. The molecule has 1 aliphatic rings. The Kier molecular flexibility index (Phi) is 5.97. The molecular formula is C21H21ClN6O3. The van der Waals surface area contributed by atoms with Gasteiger partial charge < -0.3 is 4.90 Å². The highest BCUT2D eigenvalue weighted by Crippen LogP contribution is 2.21. The molecule has 1 amide bonds. The molecule has 1 saturated heterocycles. The summed E-state index contributed by atoms with van der Waals surface area (Å²) in [6.45, 7) is 4.78. The van der Waals surface area contributed by atoms with Crippen molar-refractivity contribution in [2.24, 2.45) is 0 Å². The zero-order valence-electron chi connectivity index (χ0n) is 16.9. The monoisotopic (exact) mass is 440 g/mol. The van der Waals surface area contributed by atoms with E-state index in [4.69, 9.17) is 11.6 Å². The number of nitro benzene ring substituents is 1. The number of piperazine rings is 1. The van der Waals surface area contributed by atoms with E-state index in [0.717, 1.165) is 5.56 Å². The number of halogens is 1. The maximum atomic E-state index is 12.9. The Bertz CT molecular complexity index is 1120. The number of nitrogens with zero attached hydrogens (tertiary/aromatic N) is 6. The zero-order chi connectivity index (χ0) is 22.0. The maximum absolute atomic E-state index is 12.9. The molecule has 1 aromatic heterocycles. The molecule has 0 radical (unpaired) electrons. The number of aryl methyl sites for hydroxylation is 1. The van der Waals surface area contributed by atoms with Gasteiger partial charge in [0.05, 0.1) is 15.6 Å². The van der Waals surface area contributed by atoms with E-state index in [1.165, 1.54) is 6.07 Å². The molecule has 0 spiro atoms. The summed E-state index contributed by atoms with van der Waals surface area (Å²) in [5, 5.41) is 15.9. The smallest absolute Gasteiger partial charge is 0.293 e. The number of aromatic nitrogens is 3. The average Bonchev–Trinajstić information content (AvgIpc) is 3.15. The lowest BCUT2D eigenvalue weighted by Gasteiger charge is -2.34. The van der Waals surface area contributed by atoms with Gasteiger partial charge in [-0.2, -0.15) is 0 Å². The Hall–Kier alpha value is -3.30. The first kappa shape index (κ1) is 21.0. The second kappa shape index (κ2) is 8.83. The van der Waals surface area contributed by atoms with Crippen molar-refractivity contribution < 1.29 is 9.72 Å². The molecule has 0 N–H and O–H groups in total. The van der Waals surface area contributed by atoms with Gasteiger partial charge in [0.25, 0.3) is 11.6 Å². The molecule has 0 saturated carbocycles. The molecule has 10 heteroatoms.